The van der Waals surface area contributed by atoms with Crippen molar-refractivity contribution in [2.75, 3.05) is 0 Å². The van der Waals surface area contributed by atoms with Crippen molar-refractivity contribution in [3.8, 4) is 0 Å². The van der Waals surface area contributed by atoms with Gasteiger partial charge in [-0.2, -0.15) is 0 Å². The lowest BCUT2D eigenvalue weighted by atomic mass is 10.00. The summed E-state index contributed by atoms with van der Waals surface area (Å²) in [5.41, 5.74) is 0.661. The summed E-state index contributed by atoms with van der Waals surface area (Å²) in [6, 6.07) is 10.00. The molecule has 1 aromatic heterocycles. The van der Waals surface area contributed by atoms with Crippen LogP contribution < -0.4 is 0 Å². The minimum Gasteiger partial charge on any atom is -0.302 e. The summed E-state index contributed by atoms with van der Waals surface area (Å²) in [6.07, 6.45) is 1.91. The van der Waals surface area contributed by atoms with E-state index in [4.69, 9.17) is 12.2 Å². The number of carbonyl (C=O) groups is 1. The Morgan fingerprint density at radius 3 is 2.56 bits per heavy atom. The predicted octanol–water partition coefficient (Wildman–Crippen LogP) is 4.08. The monoisotopic (exact) mass is 277 g/mol. The van der Waals surface area contributed by atoms with Crippen molar-refractivity contribution in [2.45, 2.75) is 20.8 Å². The van der Waals surface area contributed by atoms with Gasteiger partial charge in [0.1, 0.15) is 0 Å². The van der Waals surface area contributed by atoms with Crippen molar-refractivity contribution in [2.24, 2.45) is 5.41 Å². The molecule has 94 valence electrons. The number of thiocarbonyl (C=S) groups is 1. The Kier molecular flexibility index (Phi) is 3.59. The van der Waals surface area contributed by atoms with E-state index in [1.807, 2.05) is 61.9 Å². The minimum absolute atomic E-state index is 0.0882. The van der Waals surface area contributed by atoms with E-state index in [1.54, 1.807) is 0 Å². The third kappa shape index (κ3) is 2.65. The van der Waals surface area contributed by atoms with Crippen molar-refractivity contribution in [1.29, 1.82) is 0 Å². The summed E-state index contributed by atoms with van der Waals surface area (Å²) in [7, 11) is 0. The fourth-order valence-electron chi connectivity index (χ4n) is 1.52. The van der Waals surface area contributed by atoms with Gasteiger partial charge in [0.25, 0.3) is 0 Å². The van der Waals surface area contributed by atoms with E-state index in [0.29, 0.717) is 4.32 Å². The molecular formula is C14H15NOS2. The first-order valence-electron chi connectivity index (χ1n) is 5.72. The molecule has 0 N–H and O–H groups in total. The van der Waals surface area contributed by atoms with Gasteiger partial charge in [-0.15, -0.1) is 0 Å². The lowest BCUT2D eigenvalue weighted by molar-refractivity contribution is -0.117. The average Bonchev–Trinajstić information content (AvgIpc) is 2.71. The molecule has 0 aliphatic rings. The maximum absolute atomic E-state index is 12.0. The Balaban J connectivity index is 2.27. The van der Waals surface area contributed by atoms with Crippen molar-refractivity contribution >= 4 is 44.3 Å². The molecular weight excluding hydrogens is 262 g/mol. The van der Waals surface area contributed by atoms with Crippen LogP contribution in [-0.2, 0) is 4.79 Å². The fraction of sp³-hybridized carbons (Fsp3) is 0.286. The van der Waals surface area contributed by atoms with Crippen LogP contribution >= 0.6 is 24.0 Å². The molecule has 0 aliphatic carbocycles. The standard InChI is InChI=1S/C14H15NOS2/c1-14(2,3)12(16)18-13(17)15-9-8-10-6-4-5-7-11(10)15/h4-9H,1-3H3. The molecule has 2 aromatic rings. The Labute approximate surface area is 116 Å². The van der Waals surface area contributed by atoms with Crippen LogP contribution in [0, 0.1) is 5.41 Å². The maximum atomic E-state index is 12.0. The zero-order chi connectivity index (χ0) is 13.3. The van der Waals surface area contributed by atoms with Gasteiger partial charge in [-0.1, -0.05) is 51.2 Å². The molecule has 0 saturated heterocycles. The van der Waals surface area contributed by atoms with Gasteiger partial charge in [-0.05, 0) is 29.3 Å². The summed E-state index contributed by atoms with van der Waals surface area (Å²) in [6.45, 7) is 5.70. The zero-order valence-corrected chi connectivity index (χ0v) is 12.3. The van der Waals surface area contributed by atoms with Gasteiger partial charge in [-0.25, -0.2) is 0 Å². The van der Waals surface area contributed by atoms with Crippen LogP contribution in [0.15, 0.2) is 36.5 Å². The molecule has 0 radical (unpaired) electrons. The van der Waals surface area contributed by atoms with E-state index >= 15 is 0 Å². The second-order valence-corrected chi connectivity index (χ2v) is 6.76. The smallest absolute Gasteiger partial charge is 0.201 e. The summed E-state index contributed by atoms with van der Waals surface area (Å²) in [5, 5.41) is 1.22. The van der Waals surface area contributed by atoms with Gasteiger partial charge in [0.15, 0.2) is 4.32 Å². The third-order valence-electron chi connectivity index (χ3n) is 2.59. The Morgan fingerprint density at radius 2 is 1.89 bits per heavy atom. The first-order valence-corrected chi connectivity index (χ1v) is 6.95. The van der Waals surface area contributed by atoms with Crippen LogP contribution in [0.3, 0.4) is 0 Å². The van der Waals surface area contributed by atoms with Gasteiger partial charge in [-0.3, -0.25) is 4.79 Å². The zero-order valence-electron chi connectivity index (χ0n) is 10.6. The predicted molar refractivity (Wildman–Crippen MR) is 82.0 cm³/mol. The highest BCUT2D eigenvalue weighted by molar-refractivity contribution is 8.32. The van der Waals surface area contributed by atoms with E-state index < -0.39 is 0 Å². The van der Waals surface area contributed by atoms with Crippen molar-refractivity contribution < 1.29 is 4.79 Å². The van der Waals surface area contributed by atoms with Gasteiger partial charge >= 0.3 is 0 Å². The molecule has 2 nitrogen and oxygen atoms in total. The number of hydrogen-bond acceptors (Lipinski definition) is 3. The van der Waals surface area contributed by atoms with E-state index in [9.17, 15) is 4.79 Å². The highest BCUT2D eigenvalue weighted by atomic mass is 32.2. The van der Waals surface area contributed by atoms with E-state index in [0.717, 1.165) is 22.7 Å². The number of aromatic nitrogens is 1. The second-order valence-electron chi connectivity index (χ2n) is 5.15. The summed E-state index contributed by atoms with van der Waals surface area (Å²) >= 11 is 6.49. The quantitative estimate of drug-likeness (QED) is 0.677. The lowest BCUT2D eigenvalue weighted by Gasteiger charge is -2.16. The lowest BCUT2D eigenvalue weighted by Crippen LogP contribution is -2.19. The Hall–Kier alpha value is -1.13. The first-order chi connectivity index (χ1) is 8.39. The van der Waals surface area contributed by atoms with Gasteiger partial charge in [0.2, 0.25) is 5.12 Å². The Bertz CT molecular complexity index is 608. The van der Waals surface area contributed by atoms with E-state index in [-0.39, 0.29) is 10.5 Å². The number of hydrogen-bond donors (Lipinski definition) is 0. The number of carbonyl (C=O) groups excluding carboxylic acids is 1. The molecule has 1 aromatic carbocycles. The molecule has 4 heteroatoms. The fourth-order valence-corrected chi connectivity index (χ4v) is 2.63. The highest BCUT2D eigenvalue weighted by Crippen LogP contribution is 2.26. The van der Waals surface area contributed by atoms with Crippen molar-refractivity contribution in [3.63, 3.8) is 0 Å². The third-order valence-corrected chi connectivity index (χ3v) is 4.20. The first kappa shape index (κ1) is 13.3. The van der Waals surface area contributed by atoms with Gasteiger partial charge in [0.05, 0.1) is 5.52 Å². The molecule has 0 fully saturated rings. The van der Waals surface area contributed by atoms with Crippen LogP contribution in [-0.4, -0.2) is 14.0 Å². The van der Waals surface area contributed by atoms with Gasteiger partial charge in [0, 0.05) is 11.6 Å². The number of rotatable bonds is 0. The largest absolute Gasteiger partial charge is 0.302 e. The van der Waals surface area contributed by atoms with Crippen LogP contribution in [0.4, 0.5) is 0 Å². The second kappa shape index (κ2) is 4.86. The number of nitrogens with zero attached hydrogens (tertiary/aromatic N) is 1. The topological polar surface area (TPSA) is 22.0 Å². The van der Waals surface area contributed by atoms with E-state index in [2.05, 4.69) is 0 Å². The van der Waals surface area contributed by atoms with Crippen LogP contribution in [0.2, 0.25) is 0 Å². The molecule has 2 rings (SSSR count). The summed E-state index contributed by atoms with van der Waals surface area (Å²) in [4.78, 5) is 12.0. The van der Waals surface area contributed by atoms with Crippen molar-refractivity contribution in [1.82, 2.24) is 4.57 Å². The summed E-state index contributed by atoms with van der Waals surface area (Å²) < 4.78 is 2.47. The molecule has 0 atom stereocenters. The molecule has 0 unspecified atom stereocenters. The molecule has 0 saturated carbocycles. The normalized spacial score (nSPS) is 11.7. The average molecular weight is 277 g/mol. The highest BCUT2D eigenvalue weighted by Gasteiger charge is 2.24. The van der Waals surface area contributed by atoms with Crippen LogP contribution in [0.25, 0.3) is 10.9 Å². The minimum atomic E-state index is -0.377. The molecule has 1 heterocycles. The number of fused-ring (bicyclic) bond motifs is 1. The van der Waals surface area contributed by atoms with Crippen molar-refractivity contribution in [3.05, 3.63) is 36.5 Å². The molecule has 0 aliphatic heterocycles. The molecule has 18 heavy (non-hydrogen) atoms. The Morgan fingerprint density at radius 1 is 1.22 bits per heavy atom. The molecule has 0 bridgehead atoms. The van der Waals surface area contributed by atoms with Crippen LogP contribution in [0.5, 0.6) is 0 Å². The molecule has 0 spiro atoms. The summed E-state index contributed by atoms with van der Waals surface area (Å²) in [5.74, 6) is 0. The van der Waals surface area contributed by atoms with Gasteiger partial charge < -0.3 is 4.57 Å². The molecule has 0 amide bonds. The van der Waals surface area contributed by atoms with Crippen LogP contribution in [0.1, 0.15) is 20.8 Å². The SMILES string of the molecule is CC(C)(C)C(=O)SC(=S)n1ccc2ccccc21. The number of para-hydroxylation sites is 1. The maximum Gasteiger partial charge on any atom is 0.201 e. The number of benzene rings is 1. The number of thioether (sulfide) groups is 1. The van der Waals surface area contributed by atoms with E-state index in [1.165, 1.54) is 0 Å².